The molecule has 33 heavy (non-hydrogen) atoms. The molecule has 0 aromatic heterocycles. The van der Waals surface area contributed by atoms with E-state index in [-0.39, 0.29) is 29.4 Å². The quantitative estimate of drug-likeness (QED) is 0.478. The van der Waals surface area contributed by atoms with Crippen LogP contribution in [0.15, 0.2) is 53.0 Å². The van der Waals surface area contributed by atoms with Gasteiger partial charge in [0.25, 0.3) is 5.91 Å². The summed E-state index contributed by atoms with van der Waals surface area (Å²) in [4.78, 5) is 28.0. The van der Waals surface area contributed by atoms with E-state index in [0.717, 1.165) is 10.0 Å². The van der Waals surface area contributed by atoms with Crippen molar-refractivity contribution in [3.8, 4) is 5.75 Å². The topological polar surface area (TPSA) is 58.6 Å². The van der Waals surface area contributed by atoms with Gasteiger partial charge in [0.05, 0.1) is 4.47 Å². The van der Waals surface area contributed by atoms with Gasteiger partial charge < -0.3 is 15.0 Å². The summed E-state index contributed by atoms with van der Waals surface area (Å²) in [7, 11) is 0. The molecule has 0 fully saturated rings. The average Bonchev–Trinajstić information content (AvgIpc) is 2.71. The number of carbonyl (C=O) groups is 2. The summed E-state index contributed by atoms with van der Waals surface area (Å²) in [5, 5.41) is 3.01. The van der Waals surface area contributed by atoms with E-state index in [0.29, 0.717) is 18.7 Å². The molecular weight excluding hydrogens is 480 g/mol. The van der Waals surface area contributed by atoms with Gasteiger partial charge in [-0.3, -0.25) is 9.59 Å². The predicted molar refractivity (Wildman–Crippen MR) is 137 cm³/mol. The van der Waals surface area contributed by atoms with Gasteiger partial charge in [0.15, 0.2) is 6.61 Å². The number of rotatable bonds is 8. The van der Waals surface area contributed by atoms with E-state index >= 15 is 0 Å². The van der Waals surface area contributed by atoms with Crippen LogP contribution in [0.1, 0.15) is 66.0 Å². The van der Waals surface area contributed by atoms with Crippen LogP contribution >= 0.6 is 15.9 Å². The van der Waals surface area contributed by atoms with Gasteiger partial charge >= 0.3 is 0 Å². The summed E-state index contributed by atoms with van der Waals surface area (Å²) in [5.74, 6) is 0.203. The number of amides is 2. The molecule has 2 amide bonds. The minimum absolute atomic E-state index is 0.0120. The Morgan fingerprint density at radius 1 is 1.03 bits per heavy atom. The van der Waals surface area contributed by atoms with Crippen LogP contribution in [0, 0.1) is 0 Å². The van der Waals surface area contributed by atoms with Gasteiger partial charge in [0.1, 0.15) is 11.8 Å². The maximum absolute atomic E-state index is 13.3. The number of nitrogens with zero attached hydrogens (tertiary/aromatic N) is 1. The predicted octanol–water partition coefficient (Wildman–Crippen LogP) is 5.85. The third kappa shape index (κ3) is 8.18. The number of hydrogen-bond acceptors (Lipinski definition) is 3. The van der Waals surface area contributed by atoms with Crippen molar-refractivity contribution in [2.45, 2.75) is 78.4 Å². The van der Waals surface area contributed by atoms with Crippen LogP contribution in [0.3, 0.4) is 0 Å². The molecular formula is C27H37BrN2O3. The molecule has 0 spiro atoms. The second-order valence-corrected chi connectivity index (χ2v) is 11.2. The lowest BCUT2D eigenvalue weighted by Crippen LogP contribution is -2.54. The van der Waals surface area contributed by atoms with Crippen LogP contribution in [0.25, 0.3) is 0 Å². The number of halogens is 1. The highest BCUT2D eigenvalue weighted by Gasteiger charge is 2.31. The summed E-state index contributed by atoms with van der Waals surface area (Å²) in [5.41, 5.74) is 1.76. The first-order valence-corrected chi connectivity index (χ1v) is 12.2. The molecule has 1 N–H and O–H groups in total. The molecule has 6 heteroatoms. The lowest BCUT2D eigenvalue weighted by Gasteiger charge is -2.33. The molecule has 180 valence electrons. The fourth-order valence-corrected chi connectivity index (χ4v) is 3.95. The zero-order valence-electron chi connectivity index (χ0n) is 20.9. The smallest absolute Gasteiger partial charge is 0.261 e. The number of nitrogens with one attached hydrogen (secondary N) is 1. The van der Waals surface area contributed by atoms with Crippen LogP contribution in [0.2, 0.25) is 0 Å². The number of hydrogen-bond donors (Lipinski definition) is 1. The fourth-order valence-electron chi connectivity index (χ4n) is 3.46. The number of benzene rings is 2. The molecule has 0 unspecified atom stereocenters. The minimum atomic E-state index is -0.591. The van der Waals surface area contributed by atoms with E-state index in [2.05, 4.69) is 42.0 Å². The van der Waals surface area contributed by atoms with Crippen molar-refractivity contribution in [1.29, 1.82) is 0 Å². The van der Waals surface area contributed by atoms with Gasteiger partial charge in [-0.15, -0.1) is 0 Å². The van der Waals surface area contributed by atoms with E-state index in [4.69, 9.17) is 4.74 Å². The summed E-state index contributed by atoms with van der Waals surface area (Å²) in [6.07, 6.45) is 0.504. The molecule has 2 aromatic rings. The Hall–Kier alpha value is -2.34. The van der Waals surface area contributed by atoms with Gasteiger partial charge in [-0.2, -0.15) is 0 Å². The molecule has 0 aliphatic rings. The highest BCUT2D eigenvalue weighted by molar-refractivity contribution is 9.10. The van der Waals surface area contributed by atoms with E-state index in [1.807, 2.05) is 76.2 Å². The van der Waals surface area contributed by atoms with E-state index in [1.54, 1.807) is 4.90 Å². The van der Waals surface area contributed by atoms with Crippen molar-refractivity contribution in [2.24, 2.45) is 0 Å². The second-order valence-electron chi connectivity index (χ2n) is 10.4. The summed E-state index contributed by atoms with van der Waals surface area (Å²) in [6.45, 7) is 14.3. The first kappa shape index (κ1) is 26.9. The largest absolute Gasteiger partial charge is 0.483 e. The van der Waals surface area contributed by atoms with Gasteiger partial charge in [-0.25, -0.2) is 0 Å². The molecule has 0 aliphatic carbocycles. The number of carbonyl (C=O) groups excluding carboxylic acids is 2. The van der Waals surface area contributed by atoms with Crippen LogP contribution in [0.5, 0.6) is 5.75 Å². The molecule has 0 heterocycles. The van der Waals surface area contributed by atoms with Crippen molar-refractivity contribution in [3.05, 3.63) is 64.1 Å². The molecule has 2 aromatic carbocycles. The van der Waals surface area contributed by atoms with E-state index in [9.17, 15) is 9.59 Å². The van der Waals surface area contributed by atoms with E-state index in [1.165, 1.54) is 5.56 Å². The molecule has 1 atom stereocenters. The molecule has 0 saturated heterocycles. The Morgan fingerprint density at radius 2 is 1.67 bits per heavy atom. The third-order valence-electron chi connectivity index (χ3n) is 5.23. The van der Waals surface area contributed by atoms with Crippen LogP contribution in [0.4, 0.5) is 0 Å². The standard InChI is InChI=1S/C27H37BrN2O3/c1-8-22(25(32)29-27(5,6)7)30(17-19-12-10-9-11-13-19)24(31)18-33-23-15-14-20(16-21(23)28)26(2,3)4/h9-16,22H,8,17-18H2,1-7H3,(H,29,32)/t22-/m0/s1. The van der Waals surface area contributed by atoms with Crippen LogP contribution in [-0.2, 0) is 21.5 Å². The zero-order valence-corrected chi connectivity index (χ0v) is 22.5. The van der Waals surface area contributed by atoms with Crippen molar-refractivity contribution in [1.82, 2.24) is 10.2 Å². The average molecular weight is 518 g/mol. The summed E-state index contributed by atoms with van der Waals surface area (Å²) < 4.78 is 6.69. The Labute approximate surface area is 207 Å². The van der Waals surface area contributed by atoms with Gasteiger partial charge in [0.2, 0.25) is 5.91 Å². The highest BCUT2D eigenvalue weighted by Crippen LogP contribution is 2.31. The van der Waals surface area contributed by atoms with Crippen LogP contribution < -0.4 is 10.1 Å². The molecule has 0 aliphatic heterocycles. The Balaban J connectivity index is 2.23. The van der Waals surface area contributed by atoms with Gasteiger partial charge in [-0.05, 0) is 71.8 Å². The maximum Gasteiger partial charge on any atom is 0.261 e. The first-order chi connectivity index (χ1) is 15.3. The summed E-state index contributed by atoms with van der Waals surface area (Å²) in [6, 6.07) is 15.0. The second kappa shape index (κ2) is 11.2. The summed E-state index contributed by atoms with van der Waals surface area (Å²) >= 11 is 3.57. The monoisotopic (exact) mass is 516 g/mol. The normalized spacial score (nSPS) is 12.7. The van der Waals surface area contributed by atoms with Crippen molar-refractivity contribution < 1.29 is 14.3 Å². The SMILES string of the molecule is CC[C@@H](C(=O)NC(C)(C)C)N(Cc1ccccc1)C(=O)COc1ccc(C(C)(C)C)cc1Br. The molecule has 0 saturated carbocycles. The Morgan fingerprint density at radius 3 is 2.18 bits per heavy atom. The molecule has 5 nitrogen and oxygen atoms in total. The maximum atomic E-state index is 13.3. The Bertz CT molecular complexity index is 946. The zero-order chi connectivity index (χ0) is 24.8. The van der Waals surface area contributed by atoms with Crippen LogP contribution in [-0.4, -0.2) is 34.9 Å². The number of ether oxygens (including phenoxy) is 1. The Kier molecular flexibility index (Phi) is 9.12. The van der Waals surface area contributed by atoms with Crippen molar-refractivity contribution >= 4 is 27.7 Å². The lowest BCUT2D eigenvalue weighted by atomic mass is 9.87. The minimum Gasteiger partial charge on any atom is -0.483 e. The molecule has 0 radical (unpaired) electrons. The van der Waals surface area contributed by atoms with E-state index < -0.39 is 6.04 Å². The van der Waals surface area contributed by atoms with Crippen molar-refractivity contribution in [2.75, 3.05) is 6.61 Å². The highest BCUT2D eigenvalue weighted by atomic mass is 79.9. The lowest BCUT2D eigenvalue weighted by molar-refractivity contribution is -0.143. The van der Waals surface area contributed by atoms with Gasteiger partial charge in [-0.1, -0.05) is 64.1 Å². The van der Waals surface area contributed by atoms with Crippen molar-refractivity contribution in [3.63, 3.8) is 0 Å². The molecule has 0 bridgehead atoms. The fraction of sp³-hybridized carbons (Fsp3) is 0.481. The van der Waals surface area contributed by atoms with Gasteiger partial charge in [0, 0.05) is 12.1 Å². The first-order valence-electron chi connectivity index (χ1n) is 11.4. The molecule has 2 rings (SSSR count). The third-order valence-corrected chi connectivity index (χ3v) is 5.85.